The Hall–Kier alpha value is -0.650. The van der Waals surface area contributed by atoms with Gasteiger partial charge in [0.2, 0.25) is 10.0 Å². The minimum atomic E-state index is -3.42. The molecule has 0 aromatic carbocycles. The summed E-state index contributed by atoms with van der Waals surface area (Å²) >= 11 is 5.99. The lowest BCUT2D eigenvalue weighted by Crippen LogP contribution is -2.28. The van der Waals surface area contributed by atoms with E-state index in [0.29, 0.717) is 12.5 Å². The molecule has 94 valence electrons. The summed E-state index contributed by atoms with van der Waals surface area (Å²) in [5, 5.41) is 0.197. The molecule has 4 nitrogen and oxygen atoms in total. The van der Waals surface area contributed by atoms with Crippen LogP contribution in [-0.2, 0) is 10.0 Å². The van der Waals surface area contributed by atoms with Crippen LogP contribution < -0.4 is 4.72 Å². The Balaban J connectivity index is 1.95. The molecule has 6 heteroatoms. The average Bonchev–Trinajstić information content (AvgIpc) is 2.74. The van der Waals surface area contributed by atoms with Gasteiger partial charge in [-0.3, -0.25) is 4.98 Å². The van der Waals surface area contributed by atoms with E-state index in [-0.39, 0.29) is 10.3 Å². The Morgan fingerprint density at radius 3 is 2.88 bits per heavy atom. The molecule has 1 N–H and O–H groups in total. The number of nitrogens with one attached hydrogen (secondary N) is 1. The maximum atomic E-state index is 11.9. The summed E-state index contributed by atoms with van der Waals surface area (Å²) in [6.45, 7) is 0.459. The molecular formula is C11H15ClN2O2S. The van der Waals surface area contributed by atoms with Crippen molar-refractivity contribution in [2.45, 2.75) is 29.5 Å². The minimum Gasteiger partial charge on any atom is -0.263 e. The number of hydrogen-bond acceptors (Lipinski definition) is 3. The molecule has 1 heterocycles. The summed E-state index contributed by atoms with van der Waals surface area (Å²) in [4.78, 5) is 4.01. The molecule has 2 unspecified atom stereocenters. The molecule has 1 aromatic heterocycles. The smallest absolute Gasteiger partial charge is 0.242 e. The molecule has 2 rings (SSSR count). The van der Waals surface area contributed by atoms with Gasteiger partial charge in [-0.15, -0.1) is 11.6 Å². The van der Waals surface area contributed by atoms with Gasteiger partial charge in [0.1, 0.15) is 4.90 Å². The fourth-order valence-electron chi connectivity index (χ4n) is 2.02. The SMILES string of the molecule is O=S(=O)(NCC1CCC(Cl)C1)c1cccnc1. The first-order valence-corrected chi connectivity index (χ1v) is 7.53. The predicted molar refractivity (Wildman–Crippen MR) is 66.4 cm³/mol. The third-order valence-electron chi connectivity index (χ3n) is 2.98. The Morgan fingerprint density at radius 2 is 2.29 bits per heavy atom. The lowest BCUT2D eigenvalue weighted by molar-refractivity contribution is 0.520. The Morgan fingerprint density at radius 1 is 1.47 bits per heavy atom. The van der Waals surface area contributed by atoms with Crippen LogP contribution >= 0.6 is 11.6 Å². The average molecular weight is 275 g/mol. The number of halogens is 1. The van der Waals surface area contributed by atoms with E-state index >= 15 is 0 Å². The Labute approximate surface area is 106 Å². The molecule has 1 saturated carbocycles. The molecule has 17 heavy (non-hydrogen) atoms. The van der Waals surface area contributed by atoms with Gasteiger partial charge in [0.05, 0.1) is 0 Å². The van der Waals surface area contributed by atoms with Crippen molar-refractivity contribution in [3.63, 3.8) is 0 Å². The molecular weight excluding hydrogens is 260 g/mol. The Bertz CT molecular complexity index is 464. The molecule has 0 amide bonds. The van der Waals surface area contributed by atoms with E-state index in [4.69, 9.17) is 11.6 Å². The van der Waals surface area contributed by atoms with Crippen LogP contribution in [-0.4, -0.2) is 25.3 Å². The van der Waals surface area contributed by atoms with Gasteiger partial charge in [0.25, 0.3) is 0 Å². The molecule has 0 bridgehead atoms. The highest BCUT2D eigenvalue weighted by molar-refractivity contribution is 7.89. The van der Waals surface area contributed by atoms with Crippen molar-refractivity contribution in [2.75, 3.05) is 6.54 Å². The maximum Gasteiger partial charge on any atom is 0.242 e. The molecule has 0 saturated heterocycles. The summed E-state index contributed by atoms with van der Waals surface area (Å²) in [7, 11) is -3.42. The van der Waals surface area contributed by atoms with Crippen molar-refractivity contribution in [1.29, 1.82) is 0 Å². The molecule has 1 aromatic rings. The topological polar surface area (TPSA) is 59.1 Å². The van der Waals surface area contributed by atoms with Crippen molar-refractivity contribution in [1.82, 2.24) is 9.71 Å². The van der Waals surface area contributed by atoms with Crippen LogP contribution in [0.5, 0.6) is 0 Å². The van der Waals surface area contributed by atoms with Crippen LogP contribution in [0.15, 0.2) is 29.4 Å². The number of pyridine rings is 1. The number of hydrogen-bond donors (Lipinski definition) is 1. The number of rotatable bonds is 4. The highest BCUT2D eigenvalue weighted by atomic mass is 35.5. The van der Waals surface area contributed by atoms with Crippen molar-refractivity contribution in [3.8, 4) is 0 Å². The second-order valence-corrected chi connectivity index (χ2v) is 6.70. The van der Waals surface area contributed by atoms with Gasteiger partial charge in [-0.2, -0.15) is 0 Å². The molecule has 0 aliphatic heterocycles. The second-order valence-electron chi connectivity index (χ2n) is 4.32. The van der Waals surface area contributed by atoms with Crippen molar-refractivity contribution < 1.29 is 8.42 Å². The number of aromatic nitrogens is 1. The molecule has 2 atom stereocenters. The van der Waals surface area contributed by atoms with Gasteiger partial charge in [0.15, 0.2) is 0 Å². The van der Waals surface area contributed by atoms with Crippen LogP contribution in [0.1, 0.15) is 19.3 Å². The van der Waals surface area contributed by atoms with Crippen molar-refractivity contribution in [2.24, 2.45) is 5.92 Å². The summed E-state index contributed by atoms with van der Waals surface area (Å²) in [6.07, 6.45) is 5.75. The largest absolute Gasteiger partial charge is 0.263 e. The first-order valence-electron chi connectivity index (χ1n) is 5.62. The summed E-state index contributed by atoms with van der Waals surface area (Å²) in [5.74, 6) is 0.351. The van der Waals surface area contributed by atoms with Gasteiger partial charge >= 0.3 is 0 Å². The first kappa shape index (κ1) is 12.8. The van der Waals surface area contributed by atoms with E-state index in [1.165, 1.54) is 12.3 Å². The van der Waals surface area contributed by atoms with Gasteiger partial charge in [0, 0.05) is 24.3 Å². The van der Waals surface area contributed by atoms with Crippen LogP contribution in [0.4, 0.5) is 0 Å². The Kier molecular flexibility index (Phi) is 4.01. The summed E-state index contributed by atoms with van der Waals surface area (Å²) < 4.78 is 26.4. The molecule has 0 radical (unpaired) electrons. The quantitative estimate of drug-likeness (QED) is 0.852. The second kappa shape index (κ2) is 5.33. The molecule has 1 aliphatic carbocycles. The van der Waals surface area contributed by atoms with Gasteiger partial charge in [-0.25, -0.2) is 13.1 Å². The third-order valence-corrected chi connectivity index (χ3v) is 4.79. The van der Waals surface area contributed by atoms with E-state index in [1.54, 1.807) is 12.3 Å². The van der Waals surface area contributed by atoms with Crippen LogP contribution in [0, 0.1) is 5.92 Å². The van der Waals surface area contributed by atoms with E-state index in [2.05, 4.69) is 9.71 Å². The van der Waals surface area contributed by atoms with E-state index in [9.17, 15) is 8.42 Å². The van der Waals surface area contributed by atoms with E-state index in [1.807, 2.05) is 0 Å². The highest BCUT2D eigenvalue weighted by Crippen LogP contribution is 2.29. The van der Waals surface area contributed by atoms with Gasteiger partial charge < -0.3 is 0 Å². The van der Waals surface area contributed by atoms with Crippen molar-refractivity contribution >= 4 is 21.6 Å². The highest BCUT2D eigenvalue weighted by Gasteiger charge is 2.24. The van der Waals surface area contributed by atoms with Crippen LogP contribution in [0.2, 0.25) is 0 Å². The lowest BCUT2D eigenvalue weighted by atomic mass is 10.1. The van der Waals surface area contributed by atoms with Crippen LogP contribution in [0.25, 0.3) is 0 Å². The number of sulfonamides is 1. The normalized spacial score (nSPS) is 25.0. The van der Waals surface area contributed by atoms with Crippen molar-refractivity contribution in [3.05, 3.63) is 24.5 Å². The van der Waals surface area contributed by atoms with Gasteiger partial charge in [-0.1, -0.05) is 0 Å². The first-order chi connectivity index (χ1) is 8.08. The number of nitrogens with zero attached hydrogens (tertiary/aromatic N) is 1. The standard InChI is InChI=1S/C11H15ClN2O2S/c12-10-4-3-9(6-10)7-14-17(15,16)11-2-1-5-13-8-11/h1-2,5,8-10,14H,3-4,6-7H2. The summed E-state index contributed by atoms with van der Waals surface area (Å²) in [5.41, 5.74) is 0. The zero-order valence-corrected chi connectivity index (χ0v) is 10.9. The molecule has 0 spiro atoms. The van der Waals surface area contributed by atoms with Crippen LogP contribution in [0.3, 0.4) is 0 Å². The minimum absolute atomic E-state index is 0.197. The monoisotopic (exact) mass is 274 g/mol. The predicted octanol–water partition coefficient (Wildman–Crippen LogP) is 1.77. The molecule has 1 aliphatic rings. The zero-order chi connectivity index (χ0) is 12.3. The summed E-state index contributed by atoms with van der Waals surface area (Å²) in [6, 6.07) is 3.15. The van der Waals surface area contributed by atoms with E-state index < -0.39 is 10.0 Å². The molecule has 1 fully saturated rings. The maximum absolute atomic E-state index is 11.9. The third kappa shape index (κ3) is 3.40. The van der Waals surface area contributed by atoms with Gasteiger partial charge in [-0.05, 0) is 37.3 Å². The van der Waals surface area contributed by atoms with E-state index in [0.717, 1.165) is 19.3 Å². The zero-order valence-electron chi connectivity index (χ0n) is 9.34. The fourth-order valence-corrected chi connectivity index (χ4v) is 3.47. The lowest BCUT2D eigenvalue weighted by Gasteiger charge is -2.11. The fraction of sp³-hybridized carbons (Fsp3) is 0.545. The number of alkyl halides is 1.